The van der Waals surface area contributed by atoms with Crippen LogP contribution in [0.5, 0.6) is 0 Å². The molecule has 0 fully saturated rings. The molecule has 1 amide bonds. The van der Waals surface area contributed by atoms with E-state index in [0.29, 0.717) is 11.6 Å². The summed E-state index contributed by atoms with van der Waals surface area (Å²) in [6.45, 7) is 4.32. The molecule has 4 nitrogen and oxygen atoms in total. The first kappa shape index (κ1) is 13.3. The van der Waals surface area contributed by atoms with Crippen LogP contribution in [0.2, 0.25) is 0 Å². The number of aromatic nitrogens is 2. The van der Waals surface area contributed by atoms with Gasteiger partial charge in [0.2, 0.25) is 0 Å². The van der Waals surface area contributed by atoms with Crippen molar-refractivity contribution >= 4 is 5.91 Å². The number of carbonyl (C=O) groups excluding carboxylic acids is 1. The lowest BCUT2D eigenvalue weighted by Gasteiger charge is -2.07. The van der Waals surface area contributed by atoms with Gasteiger partial charge >= 0.3 is 0 Å². The molecular weight excluding hydrogens is 238 g/mol. The fraction of sp³-hybridized carbons (Fsp3) is 0.333. The second-order valence-electron chi connectivity index (χ2n) is 5.12. The van der Waals surface area contributed by atoms with E-state index in [4.69, 9.17) is 0 Å². The number of rotatable bonds is 3. The van der Waals surface area contributed by atoms with E-state index in [-0.39, 0.29) is 5.91 Å². The Morgan fingerprint density at radius 1 is 1.21 bits per heavy atom. The fourth-order valence-corrected chi connectivity index (χ4v) is 1.84. The smallest absolute Gasteiger partial charge is 0.271 e. The molecule has 1 N–H and O–H groups in total. The molecule has 2 rings (SSSR count). The van der Waals surface area contributed by atoms with Crippen LogP contribution >= 0.6 is 0 Å². The van der Waals surface area contributed by atoms with Crippen LogP contribution in [0.3, 0.4) is 0 Å². The third-order valence-electron chi connectivity index (χ3n) is 3.06. The molecule has 1 aromatic heterocycles. The van der Waals surface area contributed by atoms with E-state index >= 15 is 0 Å². The largest absolute Gasteiger partial charge is 0.343 e. The molecule has 19 heavy (non-hydrogen) atoms. The van der Waals surface area contributed by atoms with Gasteiger partial charge in [0.25, 0.3) is 5.91 Å². The number of hydrogen-bond donors (Lipinski definition) is 1. The van der Waals surface area contributed by atoms with Crippen LogP contribution in [-0.2, 0) is 0 Å². The van der Waals surface area contributed by atoms with Gasteiger partial charge in [-0.25, -0.2) is 4.98 Å². The number of amides is 1. The third kappa shape index (κ3) is 2.84. The minimum atomic E-state index is -0.0717. The van der Waals surface area contributed by atoms with Crippen molar-refractivity contribution in [1.82, 2.24) is 14.9 Å². The van der Waals surface area contributed by atoms with E-state index in [9.17, 15) is 4.79 Å². The molecule has 2 aromatic rings. The predicted octanol–water partition coefficient (Wildman–Crippen LogP) is 2.90. The highest BCUT2D eigenvalue weighted by atomic mass is 16.2. The average molecular weight is 257 g/mol. The second-order valence-corrected chi connectivity index (χ2v) is 5.12. The molecule has 4 heteroatoms. The standard InChI is InChI=1S/C15H19N3O/c1-10(2)11-5-7-12(8-6-11)14-16-9-13(17-14)15(19)18(3)4/h5-10H,1-4H3,(H,16,17). The summed E-state index contributed by atoms with van der Waals surface area (Å²) in [6, 6.07) is 8.24. The molecule has 1 heterocycles. The molecule has 0 saturated carbocycles. The predicted molar refractivity (Wildman–Crippen MR) is 76.1 cm³/mol. The number of aromatic amines is 1. The number of hydrogen-bond acceptors (Lipinski definition) is 2. The van der Waals surface area contributed by atoms with Gasteiger partial charge in [0.1, 0.15) is 11.5 Å². The summed E-state index contributed by atoms with van der Waals surface area (Å²) in [5.74, 6) is 1.16. The topological polar surface area (TPSA) is 49.0 Å². The Morgan fingerprint density at radius 2 is 1.84 bits per heavy atom. The van der Waals surface area contributed by atoms with Gasteiger partial charge in [-0.2, -0.15) is 0 Å². The normalized spacial score (nSPS) is 10.8. The lowest BCUT2D eigenvalue weighted by atomic mass is 10.0. The zero-order valence-corrected chi connectivity index (χ0v) is 11.8. The number of carbonyl (C=O) groups is 1. The Bertz CT molecular complexity index is 567. The molecule has 0 spiro atoms. The third-order valence-corrected chi connectivity index (χ3v) is 3.06. The van der Waals surface area contributed by atoms with Crippen molar-refractivity contribution in [3.63, 3.8) is 0 Å². The molecular formula is C15H19N3O. The molecule has 0 atom stereocenters. The van der Waals surface area contributed by atoms with Gasteiger partial charge in [0.15, 0.2) is 0 Å². The van der Waals surface area contributed by atoms with E-state index in [0.717, 1.165) is 11.4 Å². The fourth-order valence-electron chi connectivity index (χ4n) is 1.84. The summed E-state index contributed by atoms with van der Waals surface area (Å²) in [5, 5.41) is 0. The van der Waals surface area contributed by atoms with Crippen LogP contribution < -0.4 is 0 Å². The number of H-pyrrole nitrogens is 1. The Kier molecular flexibility index (Phi) is 3.69. The Hall–Kier alpha value is -2.10. The zero-order valence-electron chi connectivity index (χ0n) is 11.8. The number of benzene rings is 1. The van der Waals surface area contributed by atoms with Crippen LogP contribution in [0, 0.1) is 0 Å². The van der Waals surface area contributed by atoms with Gasteiger partial charge in [-0.15, -0.1) is 0 Å². The SMILES string of the molecule is CC(C)c1ccc(-c2ncc(C(=O)N(C)C)[nH]2)cc1. The van der Waals surface area contributed by atoms with Crippen molar-refractivity contribution in [1.29, 1.82) is 0 Å². The quantitative estimate of drug-likeness (QED) is 0.919. The molecule has 0 saturated heterocycles. The summed E-state index contributed by atoms with van der Waals surface area (Å²) in [6.07, 6.45) is 1.58. The van der Waals surface area contributed by atoms with Gasteiger partial charge in [-0.05, 0) is 11.5 Å². The summed E-state index contributed by atoms with van der Waals surface area (Å²) in [7, 11) is 3.44. The van der Waals surface area contributed by atoms with E-state index in [1.165, 1.54) is 10.5 Å². The summed E-state index contributed by atoms with van der Waals surface area (Å²) in [5.41, 5.74) is 2.79. The maximum absolute atomic E-state index is 11.8. The summed E-state index contributed by atoms with van der Waals surface area (Å²) in [4.78, 5) is 20.6. The number of imidazole rings is 1. The highest BCUT2D eigenvalue weighted by molar-refractivity contribution is 5.92. The molecule has 0 bridgehead atoms. The van der Waals surface area contributed by atoms with Crippen LogP contribution in [-0.4, -0.2) is 34.9 Å². The minimum absolute atomic E-state index is 0.0717. The van der Waals surface area contributed by atoms with Gasteiger partial charge < -0.3 is 9.88 Å². The molecule has 1 aromatic carbocycles. The lowest BCUT2D eigenvalue weighted by molar-refractivity contribution is 0.0822. The lowest BCUT2D eigenvalue weighted by Crippen LogP contribution is -2.21. The van der Waals surface area contributed by atoms with E-state index in [1.54, 1.807) is 20.3 Å². The van der Waals surface area contributed by atoms with Crippen LogP contribution in [0.25, 0.3) is 11.4 Å². The monoisotopic (exact) mass is 257 g/mol. The van der Waals surface area contributed by atoms with Crippen molar-refractivity contribution in [3.8, 4) is 11.4 Å². The number of nitrogens with one attached hydrogen (secondary N) is 1. The average Bonchev–Trinajstić information content (AvgIpc) is 2.87. The van der Waals surface area contributed by atoms with Crippen LogP contribution in [0.1, 0.15) is 35.8 Å². The van der Waals surface area contributed by atoms with Gasteiger partial charge in [-0.1, -0.05) is 38.1 Å². The molecule has 0 aliphatic heterocycles. The van der Waals surface area contributed by atoms with Gasteiger partial charge in [0, 0.05) is 19.7 Å². The molecule has 0 aliphatic carbocycles. The number of nitrogens with zero attached hydrogens (tertiary/aromatic N) is 2. The second kappa shape index (κ2) is 5.26. The first-order valence-electron chi connectivity index (χ1n) is 6.36. The highest BCUT2D eigenvalue weighted by Crippen LogP contribution is 2.20. The van der Waals surface area contributed by atoms with Crippen LogP contribution in [0.15, 0.2) is 30.5 Å². The maximum Gasteiger partial charge on any atom is 0.271 e. The highest BCUT2D eigenvalue weighted by Gasteiger charge is 2.12. The van der Waals surface area contributed by atoms with Crippen molar-refractivity contribution in [2.75, 3.05) is 14.1 Å². The first-order chi connectivity index (χ1) is 8.99. The van der Waals surface area contributed by atoms with Gasteiger partial charge in [0.05, 0.1) is 6.20 Å². The Morgan fingerprint density at radius 3 is 2.37 bits per heavy atom. The summed E-state index contributed by atoms with van der Waals surface area (Å²) >= 11 is 0. The molecule has 0 radical (unpaired) electrons. The molecule has 0 unspecified atom stereocenters. The minimum Gasteiger partial charge on any atom is -0.343 e. The van der Waals surface area contributed by atoms with Crippen LogP contribution in [0.4, 0.5) is 0 Å². The van der Waals surface area contributed by atoms with Crippen molar-refractivity contribution in [2.24, 2.45) is 0 Å². The van der Waals surface area contributed by atoms with Gasteiger partial charge in [-0.3, -0.25) is 4.79 Å². The summed E-state index contributed by atoms with van der Waals surface area (Å²) < 4.78 is 0. The maximum atomic E-state index is 11.8. The Labute approximate surface area is 113 Å². The zero-order chi connectivity index (χ0) is 14.0. The molecule has 100 valence electrons. The van der Waals surface area contributed by atoms with Crippen molar-refractivity contribution < 1.29 is 4.79 Å². The first-order valence-corrected chi connectivity index (χ1v) is 6.36. The van der Waals surface area contributed by atoms with E-state index < -0.39 is 0 Å². The van der Waals surface area contributed by atoms with E-state index in [1.807, 2.05) is 12.1 Å². The Balaban J connectivity index is 2.25. The van der Waals surface area contributed by atoms with Crippen molar-refractivity contribution in [3.05, 3.63) is 41.7 Å². The van der Waals surface area contributed by atoms with E-state index in [2.05, 4.69) is 35.9 Å². The molecule has 0 aliphatic rings. The van der Waals surface area contributed by atoms with Crippen molar-refractivity contribution in [2.45, 2.75) is 19.8 Å².